The van der Waals surface area contributed by atoms with Crippen molar-refractivity contribution in [3.05, 3.63) is 32.9 Å². The maximum atomic E-state index is 12.7. The Kier molecular flexibility index (Phi) is 5.78. The van der Waals surface area contributed by atoms with Crippen LogP contribution in [0.15, 0.2) is 16.9 Å². The van der Waals surface area contributed by atoms with Crippen LogP contribution in [0.2, 0.25) is 0 Å². The molecule has 0 saturated heterocycles. The van der Waals surface area contributed by atoms with Crippen molar-refractivity contribution in [2.24, 2.45) is 17.3 Å². The number of nitriles is 1. The van der Waals surface area contributed by atoms with Gasteiger partial charge in [-0.05, 0) is 52.1 Å². The maximum Gasteiger partial charge on any atom is 0.229 e. The number of nitrogens with one attached hydrogen (secondary N) is 1. The molecule has 0 aromatic carbocycles. The molecule has 7 heteroatoms. The number of nitrogens with zero attached hydrogens (tertiary/aromatic N) is 3. The Morgan fingerprint density at radius 1 is 1.56 bits per heavy atom. The van der Waals surface area contributed by atoms with E-state index in [-0.39, 0.29) is 17.2 Å². The second kappa shape index (κ2) is 7.76. The van der Waals surface area contributed by atoms with Crippen molar-refractivity contribution < 1.29 is 4.79 Å². The summed E-state index contributed by atoms with van der Waals surface area (Å²) in [4.78, 5) is 13.9. The zero-order chi connectivity index (χ0) is 19.8. The van der Waals surface area contributed by atoms with Crippen LogP contribution in [-0.2, 0) is 24.2 Å². The Morgan fingerprint density at radius 2 is 2.30 bits per heavy atom. The molecule has 2 atom stereocenters. The molecule has 0 bridgehead atoms. The van der Waals surface area contributed by atoms with Crippen molar-refractivity contribution in [1.82, 2.24) is 9.78 Å². The molecule has 2 aromatic rings. The monoisotopic (exact) mass is 448 g/mol. The highest BCUT2D eigenvalue weighted by Crippen LogP contribution is 2.44. The first-order chi connectivity index (χ1) is 12.7. The average molecular weight is 449 g/mol. The van der Waals surface area contributed by atoms with E-state index in [1.807, 2.05) is 13.1 Å². The largest absolute Gasteiger partial charge is 0.316 e. The third-order valence-corrected chi connectivity index (χ3v) is 6.93. The van der Waals surface area contributed by atoms with Crippen LogP contribution in [0.25, 0.3) is 0 Å². The van der Waals surface area contributed by atoms with Crippen molar-refractivity contribution in [1.29, 1.82) is 5.26 Å². The van der Waals surface area contributed by atoms with Crippen LogP contribution in [-0.4, -0.2) is 15.7 Å². The third-order valence-electron chi connectivity index (χ3n) is 5.35. The van der Waals surface area contributed by atoms with E-state index in [0.717, 1.165) is 29.3 Å². The Bertz CT molecular complexity index is 887. The van der Waals surface area contributed by atoms with Gasteiger partial charge in [0.2, 0.25) is 5.91 Å². The smallest absolute Gasteiger partial charge is 0.229 e. The van der Waals surface area contributed by atoms with Crippen molar-refractivity contribution in [3.8, 4) is 6.07 Å². The second-order valence-corrected chi connectivity index (χ2v) is 10.4. The third kappa shape index (κ3) is 4.44. The summed E-state index contributed by atoms with van der Waals surface area (Å²) < 4.78 is 2.63. The van der Waals surface area contributed by atoms with Crippen LogP contribution in [0.4, 0.5) is 5.00 Å². The molecule has 0 aliphatic heterocycles. The molecule has 1 N–H and O–H groups in total. The predicted molar refractivity (Wildman–Crippen MR) is 112 cm³/mol. The summed E-state index contributed by atoms with van der Waals surface area (Å²) >= 11 is 4.94. The molecule has 1 aliphatic carbocycles. The fourth-order valence-electron chi connectivity index (χ4n) is 3.57. The molecule has 1 aliphatic rings. The lowest BCUT2D eigenvalue weighted by Crippen LogP contribution is -2.26. The minimum atomic E-state index is -0.246. The van der Waals surface area contributed by atoms with Crippen LogP contribution in [0.1, 0.15) is 50.1 Å². The quantitative estimate of drug-likeness (QED) is 0.714. The van der Waals surface area contributed by atoms with Gasteiger partial charge in [0.15, 0.2) is 0 Å². The van der Waals surface area contributed by atoms with Gasteiger partial charge in [0, 0.05) is 11.1 Å². The first kappa shape index (κ1) is 20.1. The van der Waals surface area contributed by atoms with E-state index in [1.54, 1.807) is 22.2 Å². The number of carbonyl (C=O) groups is 1. The summed E-state index contributed by atoms with van der Waals surface area (Å²) in [7, 11) is 0. The van der Waals surface area contributed by atoms with Gasteiger partial charge in [-0.3, -0.25) is 9.48 Å². The summed E-state index contributed by atoms with van der Waals surface area (Å²) in [5, 5.41) is 17.6. The zero-order valence-corrected chi connectivity index (χ0v) is 18.6. The Labute approximate surface area is 172 Å². The van der Waals surface area contributed by atoms with Gasteiger partial charge in [0.1, 0.15) is 11.1 Å². The van der Waals surface area contributed by atoms with Crippen LogP contribution in [0.5, 0.6) is 0 Å². The average Bonchev–Trinajstić information content (AvgIpc) is 3.15. The van der Waals surface area contributed by atoms with Gasteiger partial charge >= 0.3 is 0 Å². The molecule has 3 rings (SSSR count). The lowest BCUT2D eigenvalue weighted by atomic mass is 9.72. The lowest BCUT2D eigenvalue weighted by Gasteiger charge is -2.33. The first-order valence-electron chi connectivity index (χ1n) is 9.22. The van der Waals surface area contributed by atoms with Crippen molar-refractivity contribution in [2.75, 3.05) is 5.32 Å². The van der Waals surface area contributed by atoms with E-state index in [4.69, 9.17) is 0 Å². The fourth-order valence-corrected chi connectivity index (χ4v) is 5.18. The van der Waals surface area contributed by atoms with Gasteiger partial charge in [0.25, 0.3) is 0 Å². The summed E-state index contributed by atoms with van der Waals surface area (Å²) in [6, 6.07) is 2.33. The summed E-state index contributed by atoms with van der Waals surface area (Å²) in [6.07, 6.45) is 6.56. The number of carbonyl (C=O) groups excluding carboxylic acids is 1. The second-order valence-electron chi connectivity index (χ2n) is 8.40. The summed E-state index contributed by atoms with van der Waals surface area (Å²) in [6.45, 7) is 9.20. The minimum absolute atomic E-state index is 0.0795. The summed E-state index contributed by atoms with van der Waals surface area (Å²) in [5.41, 5.74) is 2.05. The normalized spacial score (nSPS) is 17.9. The molecule has 2 heterocycles. The van der Waals surface area contributed by atoms with Crippen molar-refractivity contribution in [3.63, 3.8) is 0 Å². The number of anilines is 1. The molecule has 1 amide bonds. The van der Waals surface area contributed by atoms with E-state index >= 15 is 0 Å². The van der Waals surface area contributed by atoms with Gasteiger partial charge in [0.05, 0.1) is 28.7 Å². The number of hydrogen-bond acceptors (Lipinski definition) is 4. The van der Waals surface area contributed by atoms with E-state index < -0.39 is 0 Å². The van der Waals surface area contributed by atoms with Gasteiger partial charge in [-0.1, -0.05) is 27.7 Å². The number of thiophene rings is 1. The highest BCUT2D eigenvalue weighted by Gasteiger charge is 2.32. The minimum Gasteiger partial charge on any atom is -0.316 e. The summed E-state index contributed by atoms with van der Waals surface area (Å²) in [5.74, 6) is 0.282. The number of rotatable bonds is 4. The van der Waals surface area contributed by atoms with Gasteiger partial charge < -0.3 is 5.32 Å². The Hall–Kier alpha value is -1.65. The van der Waals surface area contributed by atoms with Crippen molar-refractivity contribution in [2.45, 2.75) is 53.5 Å². The molecule has 2 aromatic heterocycles. The standard InChI is InChI=1S/C20H25BrN4OS/c1-12(10-25-11-14(21)9-23-25)18(26)24-19-16(8-22)15-6-5-13(20(2,3)4)7-17(15)27-19/h9,11-13H,5-7,10H2,1-4H3,(H,24,26). The number of aromatic nitrogens is 2. The first-order valence-corrected chi connectivity index (χ1v) is 10.8. The highest BCUT2D eigenvalue weighted by atomic mass is 79.9. The van der Waals surface area contributed by atoms with E-state index in [2.05, 4.69) is 53.2 Å². The molecular weight excluding hydrogens is 424 g/mol. The molecule has 2 unspecified atom stereocenters. The van der Waals surface area contributed by atoms with Crippen LogP contribution in [0.3, 0.4) is 0 Å². The molecule has 0 spiro atoms. The number of amides is 1. The number of fused-ring (bicyclic) bond motifs is 1. The molecule has 0 radical (unpaired) electrons. The number of halogens is 1. The molecule has 5 nitrogen and oxygen atoms in total. The maximum absolute atomic E-state index is 12.7. The van der Waals surface area contributed by atoms with Gasteiger partial charge in [-0.2, -0.15) is 10.4 Å². The Morgan fingerprint density at radius 3 is 2.89 bits per heavy atom. The van der Waals surface area contributed by atoms with E-state index in [9.17, 15) is 10.1 Å². The predicted octanol–water partition coefficient (Wildman–Crippen LogP) is 5.00. The van der Waals surface area contributed by atoms with Gasteiger partial charge in [-0.25, -0.2) is 0 Å². The van der Waals surface area contributed by atoms with Crippen LogP contribution in [0, 0.1) is 28.6 Å². The van der Waals surface area contributed by atoms with Crippen molar-refractivity contribution >= 4 is 38.2 Å². The van der Waals surface area contributed by atoms with Gasteiger partial charge in [-0.15, -0.1) is 11.3 Å². The highest BCUT2D eigenvalue weighted by molar-refractivity contribution is 9.10. The molecule has 27 heavy (non-hydrogen) atoms. The molecule has 0 saturated carbocycles. The fraction of sp³-hybridized carbons (Fsp3) is 0.550. The lowest BCUT2D eigenvalue weighted by molar-refractivity contribution is -0.119. The molecular formula is C20H25BrN4OS. The van der Waals surface area contributed by atoms with Crippen LogP contribution < -0.4 is 5.32 Å². The SMILES string of the molecule is CC(Cn1cc(Br)cn1)C(=O)Nc1sc2c(c1C#N)CCC(C(C)(C)C)C2. The Balaban J connectivity index is 1.74. The number of hydrogen-bond donors (Lipinski definition) is 1. The van der Waals surface area contributed by atoms with E-state index in [1.165, 1.54) is 4.88 Å². The zero-order valence-electron chi connectivity index (χ0n) is 16.2. The van der Waals surface area contributed by atoms with E-state index in [0.29, 0.717) is 23.0 Å². The van der Waals surface area contributed by atoms with Crippen LogP contribution >= 0.6 is 27.3 Å². The molecule has 0 fully saturated rings. The topological polar surface area (TPSA) is 70.7 Å². The molecule has 144 valence electrons.